The number of hydrogen-bond donors (Lipinski definition) is 1. The van der Waals surface area contributed by atoms with Gasteiger partial charge < -0.3 is 14.8 Å². The number of anilines is 1. The number of ether oxygens (including phenoxy) is 2. The van der Waals surface area contributed by atoms with Gasteiger partial charge in [0.1, 0.15) is 11.5 Å². The zero-order valence-electron chi connectivity index (χ0n) is 13.2. The van der Waals surface area contributed by atoms with E-state index in [0.29, 0.717) is 17.0 Å². The van der Waals surface area contributed by atoms with Crippen LogP contribution in [0.15, 0.2) is 48.5 Å². The van der Waals surface area contributed by atoms with Crippen molar-refractivity contribution in [2.45, 2.75) is 12.8 Å². The van der Waals surface area contributed by atoms with Gasteiger partial charge >= 0.3 is 0 Å². The summed E-state index contributed by atoms with van der Waals surface area (Å²) < 4.78 is 10.1. The summed E-state index contributed by atoms with van der Waals surface area (Å²) >= 11 is 0. The molecule has 0 aromatic heterocycles. The zero-order chi connectivity index (χ0) is 16.7. The number of methoxy groups -OCH3 is 2. The quantitative estimate of drug-likeness (QED) is 0.797. The average molecular weight is 313 g/mol. The molecule has 0 heterocycles. The molecular formula is C18H19NO4. The third-order valence-electron chi connectivity index (χ3n) is 3.36. The van der Waals surface area contributed by atoms with Gasteiger partial charge in [0, 0.05) is 24.1 Å². The Labute approximate surface area is 135 Å². The Balaban J connectivity index is 1.83. The van der Waals surface area contributed by atoms with Crippen LogP contribution in [-0.2, 0) is 4.79 Å². The minimum atomic E-state index is -0.197. The normalized spacial score (nSPS) is 10.0. The van der Waals surface area contributed by atoms with Gasteiger partial charge in [-0.05, 0) is 48.5 Å². The molecule has 0 saturated carbocycles. The largest absolute Gasteiger partial charge is 0.497 e. The topological polar surface area (TPSA) is 64.6 Å². The molecule has 5 heteroatoms. The van der Waals surface area contributed by atoms with Crippen molar-refractivity contribution in [2.75, 3.05) is 19.5 Å². The third kappa shape index (κ3) is 4.85. The zero-order valence-corrected chi connectivity index (χ0v) is 13.2. The van der Waals surface area contributed by atoms with E-state index in [4.69, 9.17) is 9.47 Å². The smallest absolute Gasteiger partial charge is 0.224 e. The molecule has 0 bridgehead atoms. The Hall–Kier alpha value is -2.82. The lowest BCUT2D eigenvalue weighted by Gasteiger charge is -2.06. The standard InChI is InChI=1S/C18H19NO4/c1-22-15-7-3-13(4-8-15)17(20)11-12-18(21)19-14-5-9-16(23-2)10-6-14/h3-10H,11-12H2,1-2H3,(H,19,21). The van der Waals surface area contributed by atoms with Crippen LogP contribution in [-0.4, -0.2) is 25.9 Å². The number of amides is 1. The van der Waals surface area contributed by atoms with Crippen LogP contribution < -0.4 is 14.8 Å². The van der Waals surface area contributed by atoms with Crippen LogP contribution in [0.25, 0.3) is 0 Å². The van der Waals surface area contributed by atoms with E-state index in [0.717, 1.165) is 5.75 Å². The number of Topliss-reactive ketones (excluding diaryl/α,β-unsaturated/α-hetero) is 1. The van der Waals surface area contributed by atoms with E-state index < -0.39 is 0 Å². The summed E-state index contributed by atoms with van der Waals surface area (Å²) in [6.07, 6.45) is 0.297. The minimum Gasteiger partial charge on any atom is -0.497 e. The summed E-state index contributed by atoms with van der Waals surface area (Å²) in [5, 5.41) is 2.75. The van der Waals surface area contributed by atoms with Gasteiger partial charge in [0.05, 0.1) is 14.2 Å². The number of hydrogen-bond acceptors (Lipinski definition) is 4. The van der Waals surface area contributed by atoms with Crippen LogP contribution in [0.4, 0.5) is 5.69 Å². The monoisotopic (exact) mass is 313 g/mol. The Kier molecular flexibility index (Phi) is 5.74. The maximum Gasteiger partial charge on any atom is 0.224 e. The lowest BCUT2D eigenvalue weighted by molar-refractivity contribution is -0.116. The first-order valence-electron chi connectivity index (χ1n) is 7.23. The molecule has 1 amide bonds. The van der Waals surface area contributed by atoms with Gasteiger partial charge in [0.25, 0.3) is 0 Å². The van der Waals surface area contributed by atoms with E-state index >= 15 is 0 Å². The highest BCUT2D eigenvalue weighted by Gasteiger charge is 2.10. The Bertz CT molecular complexity index is 662. The van der Waals surface area contributed by atoms with Crippen molar-refractivity contribution >= 4 is 17.4 Å². The lowest BCUT2D eigenvalue weighted by atomic mass is 10.1. The minimum absolute atomic E-state index is 0.0717. The van der Waals surface area contributed by atoms with Gasteiger partial charge in [-0.3, -0.25) is 9.59 Å². The first-order valence-corrected chi connectivity index (χ1v) is 7.23. The first kappa shape index (κ1) is 16.5. The van der Waals surface area contributed by atoms with Crippen LogP contribution in [0.5, 0.6) is 11.5 Å². The molecule has 2 rings (SSSR count). The number of nitrogens with one attached hydrogen (secondary N) is 1. The predicted molar refractivity (Wildman–Crippen MR) is 88.2 cm³/mol. The Morgan fingerprint density at radius 2 is 1.35 bits per heavy atom. The molecule has 0 spiro atoms. The molecule has 0 fully saturated rings. The molecular weight excluding hydrogens is 294 g/mol. The summed E-state index contributed by atoms with van der Waals surface area (Å²) in [4.78, 5) is 23.9. The SMILES string of the molecule is COc1ccc(NC(=O)CCC(=O)c2ccc(OC)cc2)cc1. The average Bonchev–Trinajstić information content (AvgIpc) is 2.60. The molecule has 0 atom stereocenters. The summed E-state index contributed by atoms with van der Waals surface area (Å²) in [6, 6.07) is 13.9. The molecule has 5 nitrogen and oxygen atoms in total. The molecule has 0 radical (unpaired) electrons. The van der Waals surface area contributed by atoms with Crippen molar-refractivity contribution in [3.8, 4) is 11.5 Å². The maximum atomic E-state index is 12.0. The van der Waals surface area contributed by atoms with Crippen molar-refractivity contribution in [2.24, 2.45) is 0 Å². The summed E-state index contributed by atoms with van der Waals surface area (Å²) in [6.45, 7) is 0. The van der Waals surface area contributed by atoms with E-state index in [-0.39, 0.29) is 24.5 Å². The number of carbonyl (C=O) groups is 2. The van der Waals surface area contributed by atoms with Crippen molar-refractivity contribution < 1.29 is 19.1 Å². The fourth-order valence-corrected chi connectivity index (χ4v) is 2.05. The summed E-state index contributed by atoms with van der Waals surface area (Å²) in [5.41, 5.74) is 1.25. The van der Waals surface area contributed by atoms with Gasteiger partial charge in [-0.2, -0.15) is 0 Å². The van der Waals surface area contributed by atoms with Gasteiger partial charge in [0.15, 0.2) is 5.78 Å². The van der Waals surface area contributed by atoms with Gasteiger partial charge in [0.2, 0.25) is 5.91 Å². The number of carbonyl (C=O) groups excluding carboxylic acids is 2. The molecule has 120 valence electrons. The van der Waals surface area contributed by atoms with Crippen LogP contribution in [0.2, 0.25) is 0 Å². The number of rotatable bonds is 7. The van der Waals surface area contributed by atoms with Crippen LogP contribution in [0.1, 0.15) is 23.2 Å². The predicted octanol–water partition coefficient (Wildman–Crippen LogP) is 3.31. The number of benzene rings is 2. The fourth-order valence-electron chi connectivity index (χ4n) is 2.05. The van der Waals surface area contributed by atoms with Gasteiger partial charge in [-0.15, -0.1) is 0 Å². The van der Waals surface area contributed by atoms with Crippen molar-refractivity contribution in [1.82, 2.24) is 0 Å². The second-order valence-electron chi connectivity index (χ2n) is 4.93. The summed E-state index contributed by atoms with van der Waals surface area (Å²) in [5.74, 6) is 1.14. The Morgan fingerprint density at radius 3 is 1.87 bits per heavy atom. The van der Waals surface area contributed by atoms with E-state index in [1.807, 2.05) is 0 Å². The molecule has 23 heavy (non-hydrogen) atoms. The van der Waals surface area contributed by atoms with Crippen molar-refractivity contribution in [1.29, 1.82) is 0 Å². The molecule has 0 aliphatic rings. The molecule has 2 aromatic carbocycles. The van der Waals surface area contributed by atoms with Crippen molar-refractivity contribution in [3.63, 3.8) is 0 Å². The van der Waals surface area contributed by atoms with E-state index in [9.17, 15) is 9.59 Å². The number of ketones is 1. The molecule has 0 aliphatic heterocycles. The first-order chi connectivity index (χ1) is 11.1. The van der Waals surface area contributed by atoms with Crippen LogP contribution >= 0.6 is 0 Å². The molecule has 1 N–H and O–H groups in total. The van der Waals surface area contributed by atoms with Gasteiger partial charge in [-0.1, -0.05) is 0 Å². The molecule has 0 unspecified atom stereocenters. The van der Waals surface area contributed by atoms with E-state index in [1.54, 1.807) is 62.8 Å². The van der Waals surface area contributed by atoms with E-state index in [2.05, 4.69) is 5.32 Å². The maximum absolute atomic E-state index is 12.0. The highest BCUT2D eigenvalue weighted by molar-refractivity contribution is 6.00. The Morgan fingerprint density at radius 1 is 0.826 bits per heavy atom. The lowest BCUT2D eigenvalue weighted by Crippen LogP contribution is -2.13. The summed E-state index contributed by atoms with van der Waals surface area (Å²) in [7, 11) is 3.15. The third-order valence-corrected chi connectivity index (χ3v) is 3.36. The highest BCUT2D eigenvalue weighted by Crippen LogP contribution is 2.16. The molecule has 0 aliphatic carbocycles. The van der Waals surface area contributed by atoms with Crippen molar-refractivity contribution in [3.05, 3.63) is 54.1 Å². The molecule has 0 saturated heterocycles. The molecule has 2 aromatic rings. The fraction of sp³-hybridized carbons (Fsp3) is 0.222. The van der Waals surface area contributed by atoms with Gasteiger partial charge in [-0.25, -0.2) is 0 Å². The second-order valence-corrected chi connectivity index (χ2v) is 4.93. The second kappa shape index (κ2) is 7.98. The van der Waals surface area contributed by atoms with E-state index in [1.165, 1.54) is 0 Å². The van der Waals surface area contributed by atoms with Crippen LogP contribution in [0.3, 0.4) is 0 Å². The van der Waals surface area contributed by atoms with Crippen LogP contribution in [0, 0.1) is 0 Å². The highest BCUT2D eigenvalue weighted by atomic mass is 16.5.